The molecule has 0 aromatic heterocycles. The van der Waals surface area contributed by atoms with Gasteiger partial charge in [0.1, 0.15) is 5.75 Å². The number of benzene rings is 4. The zero-order valence-corrected chi connectivity index (χ0v) is 36.1. The van der Waals surface area contributed by atoms with E-state index in [-0.39, 0.29) is 37.6 Å². The molecule has 0 unspecified atom stereocenters. The second-order valence-electron chi connectivity index (χ2n) is 17.3. The molecule has 2 saturated heterocycles. The van der Waals surface area contributed by atoms with Crippen LogP contribution in [0.15, 0.2) is 114 Å². The van der Waals surface area contributed by atoms with E-state index in [1.807, 2.05) is 73.7 Å². The van der Waals surface area contributed by atoms with Gasteiger partial charge in [0.2, 0.25) is 11.8 Å². The number of aromatic hydroxyl groups is 1. The van der Waals surface area contributed by atoms with Crippen LogP contribution in [-0.4, -0.2) is 50.1 Å². The zero-order chi connectivity index (χ0) is 44.9. The van der Waals surface area contributed by atoms with Gasteiger partial charge in [0.05, 0.1) is 46.4 Å². The van der Waals surface area contributed by atoms with E-state index in [4.69, 9.17) is 20.7 Å². The molecule has 2 heterocycles. The van der Waals surface area contributed by atoms with Crippen LogP contribution < -0.4 is 15.3 Å². The summed E-state index contributed by atoms with van der Waals surface area (Å²) in [6.45, 7) is 8.11. The number of carbonyl (C=O) groups excluding carboxylic acids is 2. The van der Waals surface area contributed by atoms with E-state index in [0.717, 1.165) is 15.9 Å². The molecule has 3 aliphatic rings. The highest BCUT2D eigenvalue weighted by atomic mass is 35.5. The summed E-state index contributed by atoms with van der Waals surface area (Å²) in [4.78, 5) is 29.4. The first kappa shape index (κ1) is 45.4. The van der Waals surface area contributed by atoms with Crippen molar-refractivity contribution < 1.29 is 55.1 Å². The Morgan fingerprint density at radius 2 is 1.45 bits per heavy atom. The lowest BCUT2D eigenvalue weighted by molar-refractivity contribution is -0.143. The largest absolute Gasteiger partial charge is 0.508 e. The van der Waals surface area contributed by atoms with Crippen LogP contribution >= 0.6 is 11.6 Å². The Bertz CT molecular complexity index is 2330. The number of anilines is 1. The summed E-state index contributed by atoms with van der Waals surface area (Å²) in [7, 11) is -4.64. The summed E-state index contributed by atoms with van der Waals surface area (Å²) < 4.78 is 97.8. The summed E-state index contributed by atoms with van der Waals surface area (Å²) in [5, 5.41) is 22.9. The predicted octanol–water partition coefficient (Wildman–Crippen LogP) is 9.84. The molecule has 0 saturated carbocycles. The summed E-state index contributed by atoms with van der Waals surface area (Å²) in [5.41, 5.74) is -1.40. The number of alkyl halides is 6. The molecule has 16 heteroatoms. The number of nitrogens with zero attached hydrogens (tertiary/aromatic N) is 1. The summed E-state index contributed by atoms with van der Waals surface area (Å²) in [6.07, 6.45) is -8.95. The van der Waals surface area contributed by atoms with Gasteiger partial charge in [-0.25, -0.2) is 4.90 Å². The van der Waals surface area contributed by atoms with Crippen molar-refractivity contribution in [1.82, 2.24) is 0 Å². The average molecular weight is 896 g/mol. The van der Waals surface area contributed by atoms with Gasteiger partial charge in [-0.05, 0) is 107 Å². The number of hydrogen-bond acceptors (Lipinski definition) is 6. The van der Waals surface area contributed by atoms with Crippen molar-refractivity contribution in [2.75, 3.05) is 11.5 Å². The van der Waals surface area contributed by atoms with E-state index in [0.29, 0.717) is 45.2 Å². The smallest absolute Gasteiger partial charge is 0.455 e. The molecule has 4 atom stereocenters. The number of hydrogen-bond donors (Lipinski definition) is 2. The van der Waals surface area contributed by atoms with Crippen LogP contribution in [0.3, 0.4) is 0 Å². The van der Waals surface area contributed by atoms with Crippen LogP contribution in [0, 0.1) is 17.8 Å². The Balaban J connectivity index is 1.33. The molecule has 0 radical (unpaired) electrons. The van der Waals surface area contributed by atoms with Crippen molar-refractivity contribution in [1.29, 1.82) is 0 Å². The number of amides is 2. The van der Waals surface area contributed by atoms with E-state index < -0.39 is 85.3 Å². The number of phenolic OH excluding ortho intramolecular Hbond substituents is 1. The molecule has 2 fully saturated rings. The van der Waals surface area contributed by atoms with Crippen molar-refractivity contribution in [2.45, 2.75) is 76.8 Å². The highest BCUT2D eigenvalue weighted by Crippen LogP contribution is 2.52. The maximum Gasteiger partial charge on any atom is 0.455 e. The van der Waals surface area contributed by atoms with Crippen molar-refractivity contribution in [3.63, 3.8) is 0 Å². The third kappa shape index (κ3) is 8.79. The number of allylic oxidation sites excluding steroid dienone is 1. The van der Waals surface area contributed by atoms with Crippen molar-refractivity contribution in [3.05, 3.63) is 135 Å². The minimum Gasteiger partial charge on any atom is -0.508 e. The van der Waals surface area contributed by atoms with E-state index in [9.17, 15) is 46.1 Å². The third-order valence-electron chi connectivity index (χ3n) is 12.2. The van der Waals surface area contributed by atoms with Crippen LogP contribution in [0.4, 0.5) is 32.0 Å². The average Bonchev–Trinajstić information content (AvgIpc) is 3.46. The van der Waals surface area contributed by atoms with Crippen molar-refractivity contribution >= 4 is 61.0 Å². The molecule has 7 nitrogen and oxygen atoms in total. The van der Waals surface area contributed by atoms with Gasteiger partial charge < -0.3 is 19.2 Å². The van der Waals surface area contributed by atoms with Gasteiger partial charge >= 0.3 is 19.5 Å². The fourth-order valence-electron chi connectivity index (χ4n) is 9.51. The highest BCUT2D eigenvalue weighted by Gasteiger charge is 2.59. The van der Waals surface area contributed by atoms with Crippen LogP contribution in [0.1, 0.15) is 63.6 Å². The lowest BCUT2D eigenvalue weighted by Crippen LogP contribution is -2.66. The molecule has 7 rings (SSSR count). The number of fused-ring (bicyclic) bond motifs is 3. The molecule has 4 aromatic rings. The van der Waals surface area contributed by atoms with E-state index in [1.165, 1.54) is 12.1 Å². The lowest BCUT2D eigenvalue weighted by Gasteiger charge is -2.46. The molecule has 2 N–H and O–H groups in total. The maximum absolute atomic E-state index is 14.5. The summed E-state index contributed by atoms with van der Waals surface area (Å²) in [6, 6.07) is 24.9. The second kappa shape index (κ2) is 17.1. The van der Waals surface area contributed by atoms with Gasteiger partial charge in [0, 0.05) is 0 Å². The third-order valence-corrected chi connectivity index (χ3v) is 17.5. The Morgan fingerprint density at radius 1 is 0.871 bits per heavy atom. The van der Waals surface area contributed by atoms with Crippen molar-refractivity contribution in [2.24, 2.45) is 17.8 Å². The van der Waals surface area contributed by atoms with Crippen molar-refractivity contribution in [3.8, 4) is 5.75 Å². The quantitative estimate of drug-likeness (QED) is 0.0713. The molecule has 326 valence electrons. The zero-order valence-electron chi connectivity index (χ0n) is 34.4. The van der Waals surface area contributed by atoms with Gasteiger partial charge in [0.15, 0.2) is 0 Å². The Morgan fingerprint density at radius 3 is 1.98 bits per heavy atom. The van der Waals surface area contributed by atoms with Gasteiger partial charge in [0.25, 0.3) is 8.32 Å². The minimum atomic E-state index is -5.22. The predicted molar refractivity (Wildman–Crippen MR) is 228 cm³/mol. The molecule has 1 aliphatic carbocycles. The SMILES string of the molecule is C/C(=C\c1ccc(O)cc1Cl)CC[C@H]1OB(O)C[C@H]2C1=C(CO[Si](c1ccccc1)(c1ccccc1)C(C)(C)C)C[C@H]1C(=O)N(c3cc(C(F)(F)F)cc(C(F)(F)F)c3)C(=O)[C@H]12. The fourth-order valence-corrected chi connectivity index (χ4v) is 14.3. The lowest BCUT2D eigenvalue weighted by atomic mass is 9.58. The Labute approximate surface area is 362 Å². The molecule has 2 aliphatic heterocycles. The highest BCUT2D eigenvalue weighted by molar-refractivity contribution is 6.99. The maximum atomic E-state index is 14.5. The monoisotopic (exact) mass is 895 g/mol. The van der Waals surface area contributed by atoms with Gasteiger partial charge in [-0.2, -0.15) is 26.3 Å². The van der Waals surface area contributed by atoms with Crippen LogP contribution in [-0.2, 0) is 31.0 Å². The van der Waals surface area contributed by atoms with E-state index >= 15 is 0 Å². The van der Waals surface area contributed by atoms with Crippen LogP contribution in [0.5, 0.6) is 5.75 Å². The number of carbonyl (C=O) groups is 2. The molecule has 62 heavy (non-hydrogen) atoms. The number of rotatable bonds is 10. The Hall–Kier alpha value is -4.67. The molecule has 0 bridgehead atoms. The molecular formula is C46H45BClF6NO6Si. The molecular weight excluding hydrogens is 851 g/mol. The second-order valence-corrected chi connectivity index (χ2v) is 22.0. The molecule has 4 aromatic carbocycles. The minimum absolute atomic E-state index is 0.00292. The van der Waals surface area contributed by atoms with Gasteiger partial charge in [-0.3, -0.25) is 9.59 Å². The van der Waals surface area contributed by atoms with E-state index in [2.05, 4.69) is 20.8 Å². The normalized spacial score (nSPS) is 21.4. The number of halogens is 7. The van der Waals surface area contributed by atoms with Gasteiger partial charge in [-0.15, -0.1) is 0 Å². The standard InChI is InChI=1S/C46H45BClF6NO6Si/c1-27(19-28-16-17-33(56)24-38(28)48)15-18-39-40-29(26-60-62(44(2,3)4,34-11-7-5-8-12-34)35-13-9-6-10-14-35)20-36-41(37(40)25-47(59)61-39)43(58)55(42(36)57)32-22-30(45(49,50)51)21-31(23-32)46(52,53)54/h5-14,16-17,19,21-24,36-37,39,41,56,59H,15,18,20,25-26H2,1-4H3/b27-19+/t36-,37+,39-,41-/m1/s1. The first-order chi connectivity index (χ1) is 29.1. The van der Waals surface area contributed by atoms with Crippen LogP contribution in [0.2, 0.25) is 16.4 Å². The van der Waals surface area contributed by atoms with Crippen LogP contribution in [0.25, 0.3) is 6.08 Å². The van der Waals surface area contributed by atoms with E-state index in [1.54, 1.807) is 6.07 Å². The summed E-state index contributed by atoms with van der Waals surface area (Å²) in [5.74, 6) is -5.15. The first-order valence-corrected chi connectivity index (χ1v) is 22.5. The Kier molecular flexibility index (Phi) is 12.5. The van der Waals surface area contributed by atoms with Gasteiger partial charge in [-0.1, -0.05) is 105 Å². The number of phenols is 1. The topological polar surface area (TPSA) is 96.3 Å². The first-order valence-electron chi connectivity index (χ1n) is 20.2. The fraction of sp³-hybridized carbons (Fsp3) is 0.348. The molecule has 0 spiro atoms. The molecule has 2 amide bonds. The number of imide groups is 1. The summed E-state index contributed by atoms with van der Waals surface area (Å²) >= 11 is 6.38.